The quantitative estimate of drug-likeness (QED) is 0.701. The van der Waals surface area contributed by atoms with Crippen molar-refractivity contribution >= 4 is 17.1 Å². The first-order chi connectivity index (χ1) is 5.96. The maximum Gasteiger partial charge on any atom is 0.455 e. The molecule has 1 rings (SSSR count). The zero-order valence-corrected chi connectivity index (χ0v) is 7.33. The van der Waals surface area contributed by atoms with Crippen molar-refractivity contribution in [2.24, 2.45) is 0 Å². The fourth-order valence-electron chi connectivity index (χ4n) is 0.753. The van der Waals surface area contributed by atoms with Crippen molar-refractivity contribution in [3.63, 3.8) is 0 Å². The molecule has 0 saturated heterocycles. The van der Waals surface area contributed by atoms with Crippen LogP contribution in [-0.4, -0.2) is 19.1 Å². The van der Waals surface area contributed by atoms with E-state index in [0.717, 1.165) is 0 Å². The van der Waals surface area contributed by atoms with Crippen molar-refractivity contribution in [3.05, 3.63) is 16.3 Å². The van der Waals surface area contributed by atoms with Crippen molar-refractivity contribution < 1.29 is 22.7 Å². The molecule has 0 amide bonds. The molecular formula is C7H5F3O2S. The summed E-state index contributed by atoms with van der Waals surface area (Å²) in [6, 6.07) is 1.32. The van der Waals surface area contributed by atoms with Crippen LogP contribution in [0.3, 0.4) is 0 Å². The van der Waals surface area contributed by atoms with Crippen LogP contribution in [0.2, 0.25) is 0 Å². The summed E-state index contributed by atoms with van der Waals surface area (Å²) in [4.78, 5) is 10.3. The lowest BCUT2D eigenvalue weighted by Gasteiger charge is -2.04. The summed E-state index contributed by atoms with van der Waals surface area (Å²) in [5, 5.41) is 1.37. The highest BCUT2D eigenvalue weighted by Gasteiger charge is 2.41. The van der Waals surface area contributed by atoms with Crippen molar-refractivity contribution in [1.29, 1.82) is 0 Å². The number of carbonyl (C=O) groups is 1. The van der Waals surface area contributed by atoms with E-state index in [0.29, 0.717) is 11.3 Å². The molecule has 0 radical (unpaired) electrons. The topological polar surface area (TPSA) is 26.3 Å². The van der Waals surface area contributed by atoms with Crippen LogP contribution in [-0.2, 0) is 0 Å². The Morgan fingerprint density at radius 2 is 2.15 bits per heavy atom. The first-order valence-electron chi connectivity index (χ1n) is 3.20. The van der Waals surface area contributed by atoms with Crippen molar-refractivity contribution in [2.45, 2.75) is 6.18 Å². The molecule has 13 heavy (non-hydrogen) atoms. The molecule has 0 aliphatic heterocycles. The number of alkyl halides is 3. The lowest BCUT2D eigenvalue weighted by molar-refractivity contribution is -0.0883. The molecule has 72 valence electrons. The molecule has 0 atom stereocenters. The molecule has 0 bridgehead atoms. The summed E-state index contributed by atoms with van der Waals surface area (Å²) in [5.74, 6) is -1.90. The van der Waals surface area contributed by atoms with Gasteiger partial charge in [-0.25, -0.2) is 0 Å². The van der Waals surface area contributed by atoms with E-state index < -0.39 is 16.8 Å². The van der Waals surface area contributed by atoms with E-state index in [1.54, 1.807) is 0 Å². The van der Waals surface area contributed by atoms with Crippen LogP contribution in [0.4, 0.5) is 13.2 Å². The molecule has 0 N–H and O–H groups in total. The second kappa shape index (κ2) is 3.37. The average molecular weight is 210 g/mol. The fraction of sp³-hybridized carbons (Fsp3) is 0.286. The second-order valence-electron chi connectivity index (χ2n) is 2.14. The van der Waals surface area contributed by atoms with Crippen LogP contribution >= 0.6 is 11.3 Å². The molecule has 0 unspecified atom stereocenters. The van der Waals surface area contributed by atoms with Crippen molar-refractivity contribution in [1.82, 2.24) is 0 Å². The van der Waals surface area contributed by atoms with Crippen molar-refractivity contribution in [3.8, 4) is 5.75 Å². The van der Waals surface area contributed by atoms with Gasteiger partial charge >= 0.3 is 6.18 Å². The molecule has 1 aromatic heterocycles. The number of carbonyl (C=O) groups excluding carboxylic acids is 1. The number of thiophene rings is 1. The number of rotatable bonds is 2. The van der Waals surface area contributed by atoms with Gasteiger partial charge in [-0.05, 0) is 11.4 Å². The number of Topliss-reactive ketones (excluding diaryl/α,β-unsaturated/α-hetero) is 1. The lowest BCUT2D eigenvalue weighted by atomic mass is 10.3. The van der Waals surface area contributed by atoms with Crippen LogP contribution in [0.15, 0.2) is 11.4 Å². The summed E-state index contributed by atoms with van der Waals surface area (Å²) in [6.07, 6.45) is -4.84. The van der Waals surface area contributed by atoms with Gasteiger partial charge in [0.05, 0.1) is 7.11 Å². The molecule has 1 heterocycles. The van der Waals surface area contributed by atoms with E-state index in [-0.39, 0.29) is 5.75 Å². The molecule has 2 nitrogen and oxygen atoms in total. The summed E-state index contributed by atoms with van der Waals surface area (Å²) in [5.41, 5.74) is 0. The second-order valence-corrected chi connectivity index (χ2v) is 3.06. The van der Waals surface area contributed by atoms with E-state index >= 15 is 0 Å². The van der Waals surface area contributed by atoms with E-state index in [2.05, 4.69) is 4.74 Å². The lowest BCUT2D eigenvalue weighted by Crippen LogP contribution is -2.22. The van der Waals surface area contributed by atoms with Gasteiger partial charge in [-0.2, -0.15) is 13.2 Å². The molecular weight excluding hydrogens is 205 g/mol. The molecule has 0 spiro atoms. The molecule has 0 aliphatic rings. The molecule has 0 saturated carbocycles. The Labute approximate surface area is 75.9 Å². The third kappa shape index (κ3) is 2.00. The van der Waals surface area contributed by atoms with E-state index in [1.165, 1.54) is 18.6 Å². The van der Waals surface area contributed by atoms with Crippen LogP contribution in [0, 0.1) is 0 Å². The Bertz CT molecular complexity index is 316. The van der Waals surface area contributed by atoms with E-state index in [4.69, 9.17) is 0 Å². The summed E-state index contributed by atoms with van der Waals surface area (Å²) in [6.45, 7) is 0. The van der Waals surface area contributed by atoms with Gasteiger partial charge in [0.15, 0.2) is 0 Å². The minimum absolute atomic E-state index is 0.0349. The third-order valence-electron chi connectivity index (χ3n) is 1.31. The standard InChI is InChI=1S/C7H5F3O2S/c1-12-4-2-3-13-5(4)6(11)7(8,9)10/h2-3H,1H3. The van der Waals surface area contributed by atoms with Gasteiger partial charge in [-0.1, -0.05) is 0 Å². The number of hydrogen-bond donors (Lipinski definition) is 0. The first-order valence-corrected chi connectivity index (χ1v) is 4.07. The van der Waals surface area contributed by atoms with E-state index in [9.17, 15) is 18.0 Å². The number of methoxy groups -OCH3 is 1. The van der Waals surface area contributed by atoms with Gasteiger partial charge in [-0.15, -0.1) is 11.3 Å². The van der Waals surface area contributed by atoms with E-state index in [1.807, 2.05) is 0 Å². The molecule has 0 aliphatic carbocycles. The summed E-state index contributed by atoms with van der Waals surface area (Å²) < 4.78 is 40.4. The van der Waals surface area contributed by atoms with Crippen LogP contribution < -0.4 is 4.74 Å². The highest BCUT2D eigenvalue weighted by atomic mass is 32.1. The van der Waals surface area contributed by atoms with Gasteiger partial charge in [-0.3, -0.25) is 4.79 Å². The number of halogens is 3. The Hall–Kier alpha value is -1.04. The average Bonchev–Trinajstić information content (AvgIpc) is 2.48. The molecule has 0 aromatic carbocycles. The SMILES string of the molecule is COc1ccsc1C(=O)C(F)(F)F. The minimum Gasteiger partial charge on any atom is -0.495 e. The largest absolute Gasteiger partial charge is 0.495 e. The highest BCUT2D eigenvalue weighted by molar-refractivity contribution is 7.12. The Kier molecular flexibility index (Phi) is 2.60. The van der Waals surface area contributed by atoms with Crippen LogP contribution in [0.1, 0.15) is 9.67 Å². The smallest absolute Gasteiger partial charge is 0.455 e. The molecule has 6 heteroatoms. The summed E-state index contributed by atoms with van der Waals surface area (Å²) in [7, 11) is 1.22. The Morgan fingerprint density at radius 3 is 2.62 bits per heavy atom. The van der Waals surface area contributed by atoms with Crippen LogP contribution in [0.25, 0.3) is 0 Å². The molecule has 1 aromatic rings. The fourth-order valence-corrected chi connectivity index (χ4v) is 1.57. The van der Waals surface area contributed by atoms with Gasteiger partial charge in [0.2, 0.25) is 0 Å². The van der Waals surface area contributed by atoms with Gasteiger partial charge < -0.3 is 4.74 Å². The van der Waals surface area contributed by atoms with Crippen LogP contribution in [0.5, 0.6) is 5.75 Å². The monoisotopic (exact) mass is 210 g/mol. The van der Waals surface area contributed by atoms with Gasteiger partial charge in [0, 0.05) is 0 Å². The summed E-state index contributed by atoms with van der Waals surface area (Å²) >= 11 is 0.715. The van der Waals surface area contributed by atoms with Crippen molar-refractivity contribution in [2.75, 3.05) is 7.11 Å². The highest BCUT2D eigenvalue weighted by Crippen LogP contribution is 2.31. The number of ketones is 1. The minimum atomic E-state index is -4.84. The Balaban J connectivity index is 3.02. The first kappa shape index (κ1) is 10.0. The molecule has 0 fully saturated rings. The zero-order valence-electron chi connectivity index (χ0n) is 6.51. The maximum atomic E-state index is 11.9. The van der Waals surface area contributed by atoms with Gasteiger partial charge in [0.25, 0.3) is 5.78 Å². The van der Waals surface area contributed by atoms with Gasteiger partial charge in [0.1, 0.15) is 10.6 Å². The zero-order chi connectivity index (χ0) is 10.1. The number of hydrogen-bond acceptors (Lipinski definition) is 3. The normalized spacial score (nSPS) is 11.4. The Morgan fingerprint density at radius 1 is 1.54 bits per heavy atom. The third-order valence-corrected chi connectivity index (χ3v) is 2.21. The number of ether oxygens (including phenoxy) is 1. The predicted molar refractivity (Wildman–Crippen MR) is 41.3 cm³/mol. The predicted octanol–water partition coefficient (Wildman–Crippen LogP) is 2.50. The maximum absolute atomic E-state index is 11.9.